The fourth-order valence-electron chi connectivity index (χ4n) is 1.39. The summed E-state index contributed by atoms with van der Waals surface area (Å²) < 4.78 is 1.84. The molecule has 0 aliphatic heterocycles. The third-order valence-corrected chi connectivity index (χ3v) is 2.31. The molecule has 0 spiro atoms. The van der Waals surface area contributed by atoms with Gasteiger partial charge in [-0.25, -0.2) is 0 Å². The molecule has 4 heteroatoms. The summed E-state index contributed by atoms with van der Waals surface area (Å²) in [6, 6.07) is 5.61. The number of nitrogens with zero attached hydrogens (tertiary/aromatic N) is 2. The van der Waals surface area contributed by atoms with Crippen LogP contribution in [0.4, 0.5) is 5.69 Å². The van der Waals surface area contributed by atoms with Crippen LogP contribution in [0.1, 0.15) is 6.92 Å². The lowest BCUT2D eigenvalue weighted by Crippen LogP contribution is -1.95. The highest BCUT2D eigenvalue weighted by Gasteiger charge is 2.06. The highest BCUT2D eigenvalue weighted by atomic mass is 35.5. The first-order chi connectivity index (χ1) is 6.22. The van der Waals surface area contributed by atoms with Gasteiger partial charge in [-0.15, -0.1) is 0 Å². The smallest absolute Gasteiger partial charge is 0.158 e. The third kappa shape index (κ3) is 1.25. The van der Waals surface area contributed by atoms with Crippen molar-refractivity contribution < 1.29 is 0 Å². The average Bonchev–Trinajstić information content (AvgIpc) is 2.42. The maximum Gasteiger partial charge on any atom is 0.158 e. The Morgan fingerprint density at radius 1 is 1.54 bits per heavy atom. The molecule has 1 aromatic heterocycles. The average molecular weight is 196 g/mol. The zero-order valence-corrected chi connectivity index (χ0v) is 8.04. The van der Waals surface area contributed by atoms with Crippen molar-refractivity contribution in [3.63, 3.8) is 0 Å². The van der Waals surface area contributed by atoms with Gasteiger partial charge in [-0.3, -0.25) is 4.68 Å². The van der Waals surface area contributed by atoms with Gasteiger partial charge in [-0.05, 0) is 25.1 Å². The zero-order chi connectivity index (χ0) is 9.42. The van der Waals surface area contributed by atoms with Crippen LogP contribution < -0.4 is 5.73 Å². The first-order valence-electron chi connectivity index (χ1n) is 4.14. The molecule has 0 atom stereocenters. The molecule has 0 unspecified atom stereocenters. The van der Waals surface area contributed by atoms with E-state index in [0.29, 0.717) is 5.15 Å². The van der Waals surface area contributed by atoms with Crippen LogP contribution >= 0.6 is 11.6 Å². The maximum absolute atomic E-state index is 5.94. The Balaban J connectivity index is 2.81. The van der Waals surface area contributed by atoms with E-state index in [1.54, 1.807) is 0 Å². The van der Waals surface area contributed by atoms with Gasteiger partial charge in [0.15, 0.2) is 5.15 Å². The van der Waals surface area contributed by atoms with Crippen LogP contribution in [-0.4, -0.2) is 9.78 Å². The zero-order valence-electron chi connectivity index (χ0n) is 7.29. The number of benzene rings is 1. The molecule has 13 heavy (non-hydrogen) atoms. The molecule has 2 rings (SSSR count). The number of rotatable bonds is 1. The number of aryl methyl sites for hydroxylation is 1. The van der Waals surface area contributed by atoms with E-state index in [9.17, 15) is 0 Å². The minimum absolute atomic E-state index is 0.539. The van der Waals surface area contributed by atoms with Gasteiger partial charge in [0, 0.05) is 17.6 Å². The second-order valence-electron chi connectivity index (χ2n) is 2.88. The largest absolute Gasteiger partial charge is 0.399 e. The summed E-state index contributed by atoms with van der Waals surface area (Å²) in [6.07, 6.45) is 0. The molecule has 0 saturated carbocycles. The molecule has 68 valence electrons. The predicted octanol–water partition coefficient (Wildman–Crippen LogP) is 2.29. The summed E-state index contributed by atoms with van der Waals surface area (Å²) in [4.78, 5) is 0. The fraction of sp³-hybridized carbons (Fsp3) is 0.222. The van der Waals surface area contributed by atoms with Crippen LogP contribution in [0.15, 0.2) is 18.2 Å². The lowest BCUT2D eigenvalue weighted by Gasteiger charge is -1.98. The van der Waals surface area contributed by atoms with Crippen molar-refractivity contribution in [2.24, 2.45) is 0 Å². The Labute approximate surface area is 81.1 Å². The number of nitrogen functional groups attached to an aromatic ring is 1. The standard InChI is InChI=1S/C9H10ClN3/c1-2-13-8-5-6(11)3-4-7(8)9(10)12-13/h3-5H,2,11H2,1H3. The number of halogens is 1. The summed E-state index contributed by atoms with van der Waals surface area (Å²) in [5.74, 6) is 0. The molecule has 1 aromatic carbocycles. The van der Waals surface area contributed by atoms with Gasteiger partial charge < -0.3 is 5.73 Å². The van der Waals surface area contributed by atoms with Crippen molar-refractivity contribution in [3.8, 4) is 0 Å². The van der Waals surface area contributed by atoms with E-state index in [-0.39, 0.29) is 0 Å². The van der Waals surface area contributed by atoms with Gasteiger partial charge in [0.1, 0.15) is 0 Å². The monoisotopic (exact) mass is 195 g/mol. The summed E-state index contributed by atoms with van der Waals surface area (Å²) in [5.41, 5.74) is 7.40. The molecule has 3 nitrogen and oxygen atoms in total. The van der Waals surface area contributed by atoms with Crippen molar-refractivity contribution in [2.75, 3.05) is 5.73 Å². The molecule has 0 bridgehead atoms. The quantitative estimate of drug-likeness (QED) is 0.710. The summed E-state index contributed by atoms with van der Waals surface area (Å²) in [7, 11) is 0. The van der Waals surface area contributed by atoms with Gasteiger partial charge in [-0.1, -0.05) is 11.6 Å². The van der Waals surface area contributed by atoms with Crippen LogP contribution in [0.2, 0.25) is 5.15 Å². The molecule has 0 saturated heterocycles. The molecule has 2 N–H and O–H groups in total. The Morgan fingerprint density at radius 2 is 2.31 bits per heavy atom. The number of hydrogen-bond donors (Lipinski definition) is 1. The van der Waals surface area contributed by atoms with Crippen molar-refractivity contribution in [3.05, 3.63) is 23.4 Å². The number of anilines is 1. The third-order valence-electron chi connectivity index (χ3n) is 2.03. The molecule has 0 fully saturated rings. The van der Waals surface area contributed by atoms with Crippen LogP contribution in [0.3, 0.4) is 0 Å². The normalized spacial score (nSPS) is 10.9. The van der Waals surface area contributed by atoms with Gasteiger partial charge in [0.2, 0.25) is 0 Å². The van der Waals surface area contributed by atoms with Gasteiger partial charge >= 0.3 is 0 Å². The maximum atomic E-state index is 5.94. The molecule has 0 amide bonds. The Morgan fingerprint density at radius 3 is 3.00 bits per heavy atom. The van der Waals surface area contributed by atoms with Gasteiger partial charge in [0.25, 0.3) is 0 Å². The molecule has 0 aliphatic carbocycles. The first kappa shape index (κ1) is 8.38. The highest BCUT2D eigenvalue weighted by molar-refractivity contribution is 6.34. The van der Waals surface area contributed by atoms with E-state index in [1.165, 1.54) is 0 Å². The van der Waals surface area contributed by atoms with Gasteiger partial charge in [0.05, 0.1) is 5.52 Å². The number of nitrogens with two attached hydrogens (primary N) is 1. The second kappa shape index (κ2) is 2.92. The van der Waals surface area contributed by atoms with Crippen molar-refractivity contribution >= 4 is 28.2 Å². The topological polar surface area (TPSA) is 43.8 Å². The van der Waals surface area contributed by atoms with Crippen molar-refractivity contribution in [2.45, 2.75) is 13.5 Å². The lowest BCUT2D eigenvalue weighted by molar-refractivity contribution is 0.684. The molecular weight excluding hydrogens is 186 g/mol. The minimum atomic E-state index is 0.539. The summed E-state index contributed by atoms with van der Waals surface area (Å²) in [6.45, 7) is 2.82. The number of aromatic nitrogens is 2. The minimum Gasteiger partial charge on any atom is -0.399 e. The van der Waals surface area contributed by atoms with E-state index in [2.05, 4.69) is 5.10 Å². The molecule has 2 aromatic rings. The number of fused-ring (bicyclic) bond motifs is 1. The first-order valence-corrected chi connectivity index (χ1v) is 4.51. The Hall–Kier alpha value is -1.22. The summed E-state index contributed by atoms with van der Waals surface area (Å²) >= 11 is 5.94. The SMILES string of the molecule is CCn1nc(Cl)c2ccc(N)cc21. The Kier molecular flexibility index (Phi) is 1.88. The Bertz CT molecular complexity index is 447. The predicted molar refractivity (Wildman–Crippen MR) is 54.8 cm³/mol. The van der Waals surface area contributed by atoms with Crippen molar-refractivity contribution in [1.82, 2.24) is 9.78 Å². The van der Waals surface area contributed by atoms with E-state index in [0.717, 1.165) is 23.1 Å². The van der Waals surface area contributed by atoms with E-state index in [4.69, 9.17) is 17.3 Å². The molecule has 1 heterocycles. The molecule has 0 aliphatic rings. The van der Waals surface area contributed by atoms with Crippen LogP contribution in [0, 0.1) is 0 Å². The molecular formula is C9H10ClN3. The fourth-order valence-corrected chi connectivity index (χ4v) is 1.64. The van der Waals surface area contributed by atoms with E-state index >= 15 is 0 Å². The number of hydrogen-bond acceptors (Lipinski definition) is 2. The highest BCUT2D eigenvalue weighted by Crippen LogP contribution is 2.24. The lowest BCUT2D eigenvalue weighted by atomic mass is 10.2. The van der Waals surface area contributed by atoms with E-state index < -0.39 is 0 Å². The van der Waals surface area contributed by atoms with Crippen molar-refractivity contribution in [1.29, 1.82) is 0 Å². The molecule has 0 radical (unpaired) electrons. The van der Waals surface area contributed by atoms with Crippen LogP contribution in [0.5, 0.6) is 0 Å². The van der Waals surface area contributed by atoms with Gasteiger partial charge in [-0.2, -0.15) is 5.10 Å². The van der Waals surface area contributed by atoms with Crippen LogP contribution in [0.25, 0.3) is 10.9 Å². The summed E-state index contributed by atoms with van der Waals surface area (Å²) in [5, 5.41) is 5.67. The second-order valence-corrected chi connectivity index (χ2v) is 3.24. The van der Waals surface area contributed by atoms with Crippen LogP contribution in [-0.2, 0) is 6.54 Å². The van der Waals surface area contributed by atoms with E-state index in [1.807, 2.05) is 29.8 Å².